The second-order valence-electron chi connectivity index (χ2n) is 5.41. The number of aromatic nitrogens is 1. The van der Waals surface area contributed by atoms with Gasteiger partial charge in [-0.2, -0.15) is 0 Å². The van der Waals surface area contributed by atoms with Gasteiger partial charge in [0.05, 0.1) is 5.52 Å². The summed E-state index contributed by atoms with van der Waals surface area (Å²) in [4.78, 5) is 12.2. The van der Waals surface area contributed by atoms with Crippen molar-refractivity contribution >= 4 is 11.1 Å². The Morgan fingerprint density at radius 2 is 2.00 bits per heavy atom. The monoisotopic (exact) mass is 260 g/mol. The molecule has 4 heteroatoms. The van der Waals surface area contributed by atoms with Crippen molar-refractivity contribution in [1.82, 2.24) is 4.57 Å². The van der Waals surface area contributed by atoms with Crippen molar-refractivity contribution in [3.05, 3.63) is 34.8 Å². The fraction of sp³-hybridized carbons (Fsp3) is 0.533. The minimum atomic E-state index is -0.244. The second kappa shape index (κ2) is 5.21. The zero-order chi connectivity index (χ0) is 13.2. The SMILES string of the molecule is NCC1CCCCCC1n1c(=O)oc2ccccc21. The molecular formula is C15H20N2O2. The molecule has 1 heterocycles. The lowest BCUT2D eigenvalue weighted by Gasteiger charge is -2.24. The lowest BCUT2D eigenvalue weighted by molar-refractivity contribution is 0.303. The molecule has 2 unspecified atom stereocenters. The van der Waals surface area contributed by atoms with E-state index in [1.54, 1.807) is 0 Å². The molecule has 0 amide bonds. The Balaban J connectivity index is 2.11. The molecule has 0 radical (unpaired) electrons. The average Bonchev–Trinajstić information content (AvgIpc) is 2.61. The fourth-order valence-corrected chi connectivity index (χ4v) is 3.28. The maximum atomic E-state index is 12.2. The van der Waals surface area contributed by atoms with Gasteiger partial charge < -0.3 is 10.2 Å². The first-order valence-electron chi connectivity index (χ1n) is 7.11. The number of para-hydroxylation sites is 2. The number of hydrogen-bond acceptors (Lipinski definition) is 3. The van der Waals surface area contributed by atoms with Crippen LogP contribution in [0.4, 0.5) is 0 Å². The largest absolute Gasteiger partial charge is 0.420 e. The maximum absolute atomic E-state index is 12.2. The van der Waals surface area contributed by atoms with E-state index in [1.165, 1.54) is 12.8 Å². The van der Waals surface area contributed by atoms with E-state index >= 15 is 0 Å². The Bertz CT molecular complexity index is 614. The van der Waals surface area contributed by atoms with E-state index in [9.17, 15) is 4.79 Å². The fourth-order valence-electron chi connectivity index (χ4n) is 3.28. The molecule has 1 aromatic heterocycles. The molecule has 102 valence electrons. The van der Waals surface area contributed by atoms with E-state index in [0.29, 0.717) is 18.0 Å². The van der Waals surface area contributed by atoms with Crippen LogP contribution in [-0.4, -0.2) is 11.1 Å². The maximum Gasteiger partial charge on any atom is 0.420 e. The summed E-state index contributed by atoms with van der Waals surface area (Å²) in [6.45, 7) is 0.636. The highest BCUT2D eigenvalue weighted by Crippen LogP contribution is 2.33. The van der Waals surface area contributed by atoms with Crippen LogP contribution in [0.3, 0.4) is 0 Å². The highest BCUT2D eigenvalue weighted by atomic mass is 16.4. The number of oxazole rings is 1. The summed E-state index contributed by atoms with van der Waals surface area (Å²) in [6, 6.07) is 7.83. The van der Waals surface area contributed by atoms with Gasteiger partial charge in [-0.05, 0) is 37.4 Å². The summed E-state index contributed by atoms with van der Waals surface area (Å²) >= 11 is 0. The molecule has 0 aliphatic heterocycles. The molecule has 1 aliphatic rings. The number of nitrogens with zero attached hydrogens (tertiary/aromatic N) is 1. The quantitative estimate of drug-likeness (QED) is 0.844. The summed E-state index contributed by atoms with van der Waals surface area (Å²) in [5, 5.41) is 0. The molecule has 1 saturated carbocycles. The van der Waals surface area contributed by atoms with Crippen LogP contribution in [0.15, 0.2) is 33.5 Å². The Hall–Kier alpha value is -1.55. The van der Waals surface area contributed by atoms with Crippen molar-refractivity contribution in [2.75, 3.05) is 6.54 Å². The van der Waals surface area contributed by atoms with Crippen LogP contribution >= 0.6 is 0 Å². The van der Waals surface area contributed by atoms with Crippen LogP contribution in [0.5, 0.6) is 0 Å². The third kappa shape index (κ3) is 2.21. The third-order valence-corrected chi connectivity index (χ3v) is 4.27. The Kier molecular flexibility index (Phi) is 3.42. The first-order valence-corrected chi connectivity index (χ1v) is 7.11. The smallest absolute Gasteiger partial charge is 0.408 e. The summed E-state index contributed by atoms with van der Waals surface area (Å²) in [5.41, 5.74) is 7.49. The number of hydrogen-bond donors (Lipinski definition) is 1. The van der Waals surface area contributed by atoms with E-state index in [4.69, 9.17) is 10.2 Å². The molecule has 0 bridgehead atoms. The Labute approximate surface area is 112 Å². The van der Waals surface area contributed by atoms with E-state index < -0.39 is 0 Å². The van der Waals surface area contributed by atoms with Gasteiger partial charge in [0.25, 0.3) is 0 Å². The van der Waals surface area contributed by atoms with E-state index in [2.05, 4.69) is 0 Å². The van der Waals surface area contributed by atoms with Crippen molar-refractivity contribution in [1.29, 1.82) is 0 Å². The molecule has 2 atom stereocenters. The molecule has 0 saturated heterocycles. The van der Waals surface area contributed by atoms with Gasteiger partial charge in [-0.25, -0.2) is 4.79 Å². The van der Waals surface area contributed by atoms with Gasteiger partial charge in [0, 0.05) is 6.04 Å². The van der Waals surface area contributed by atoms with Gasteiger partial charge in [0.2, 0.25) is 0 Å². The number of benzene rings is 1. The Morgan fingerprint density at radius 3 is 2.84 bits per heavy atom. The molecule has 1 aromatic carbocycles. The van der Waals surface area contributed by atoms with Crippen molar-refractivity contribution in [2.24, 2.45) is 11.7 Å². The Morgan fingerprint density at radius 1 is 1.21 bits per heavy atom. The molecule has 3 rings (SSSR count). The summed E-state index contributed by atoms with van der Waals surface area (Å²) in [7, 11) is 0. The van der Waals surface area contributed by atoms with Gasteiger partial charge in [0.1, 0.15) is 0 Å². The zero-order valence-corrected chi connectivity index (χ0v) is 11.0. The van der Waals surface area contributed by atoms with E-state index in [1.807, 2.05) is 28.8 Å². The first kappa shape index (κ1) is 12.5. The van der Waals surface area contributed by atoms with Gasteiger partial charge in [-0.15, -0.1) is 0 Å². The van der Waals surface area contributed by atoms with Crippen molar-refractivity contribution in [3.63, 3.8) is 0 Å². The van der Waals surface area contributed by atoms with Crippen LogP contribution in [0.1, 0.15) is 38.1 Å². The highest BCUT2D eigenvalue weighted by Gasteiger charge is 2.27. The van der Waals surface area contributed by atoms with Crippen LogP contribution in [0, 0.1) is 5.92 Å². The number of nitrogens with two attached hydrogens (primary N) is 1. The minimum Gasteiger partial charge on any atom is -0.408 e. The molecule has 1 fully saturated rings. The third-order valence-electron chi connectivity index (χ3n) is 4.27. The molecule has 0 spiro atoms. The summed E-state index contributed by atoms with van der Waals surface area (Å²) in [5.74, 6) is 0.132. The predicted octanol–water partition coefficient (Wildman–Crippen LogP) is 2.67. The van der Waals surface area contributed by atoms with Gasteiger partial charge in [-0.1, -0.05) is 31.4 Å². The molecule has 4 nitrogen and oxygen atoms in total. The van der Waals surface area contributed by atoms with Crippen molar-refractivity contribution in [2.45, 2.75) is 38.1 Å². The zero-order valence-electron chi connectivity index (χ0n) is 11.0. The van der Waals surface area contributed by atoms with Gasteiger partial charge >= 0.3 is 5.76 Å². The van der Waals surface area contributed by atoms with E-state index in [-0.39, 0.29) is 11.8 Å². The lowest BCUT2D eigenvalue weighted by atomic mass is 9.94. The average molecular weight is 260 g/mol. The predicted molar refractivity (Wildman–Crippen MR) is 75.1 cm³/mol. The molecule has 1 aliphatic carbocycles. The van der Waals surface area contributed by atoms with Gasteiger partial charge in [0.15, 0.2) is 5.58 Å². The van der Waals surface area contributed by atoms with Crippen molar-refractivity contribution in [3.8, 4) is 0 Å². The summed E-state index contributed by atoms with van der Waals surface area (Å²) in [6.07, 6.45) is 5.73. The van der Waals surface area contributed by atoms with E-state index in [0.717, 1.165) is 24.8 Å². The topological polar surface area (TPSA) is 61.2 Å². The molecule has 2 aromatic rings. The standard InChI is InChI=1S/C15H20N2O2/c16-10-11-6-2-1-3-7-12(11)17-13-8-4-5-9-14(13)19-15(17)18/h4-5,8-9,11-12H,1-3,6-7,10,16H2. The number of fused-ring (bicyclic) bond motifs is 1. The van der Waals surface area contributed by atoms with Crippen molar-refractivity contribution < 1.29 is 4.42 Å². The summed E-state index contributed by atoms with van der Waals surface area (Å²) < 4.78 is 7.18. The van der Waals surface area contributed by atoms with Gasteiger partial charge in [-0.3, -0.25) is 4.57 Å². The van der Waals surface area contributed by atoms with Crippen LogP contribution in [-0.2, 0) is 0 Å². The highest BCUT2D eigenvalue weighted by molar-refractivity contribution is 5.72. The first-order chi connectivity index (χ1) is 9.31. The normalized spacial score (nSPS) is 24.5. The molecular weight excluding hydrogens is 240 g/mol. The van der Waals surface area contributed by atoms with Crippen LogP contribution in [0.25, 0.3) is 11.1 Å². The second-order valence-corrected chi connectivity index (χ2v) is 5.41. The van der Waals surface area contributed by atoms with Crippen LogP contribution in [0.2, 0.25) is 0 Å². The lowest BCUT2D eigenvalue weighted by Crippen LogP contribution is -2.30. The number of rotatable bonds is 2. The van der Waals surface area contributed by atoms with Crippen LogP contribution < -0.4 is 11.5 Å². The minimum absolute atomic E-state index is 0.184. The molecule has 19 heavy (non-hydrogen) atoms. The molecule has 2 N–H and O–H groups in total.